The minimum atomic E-state index is -2.46. The van der Waals surface area contributed by atoms with E-state index in [0.717, 1.165) is 6.42 Å². The molecule has 0 saturated heterocycles. The Morgan fingerprint density at radius 2 is 1.04 bits per heavy atom. The van der Waals surface area contributed by atoms with E-state index in [0.29, 0.717) is 0 Å². The van der Waals surface area contributed by atoms with Gasteiger partial charge in [-0.05, 0) is 0 Å². The zero-order valence-corrected chi connectivity index (χ0v) is 18.3. The van der Waals surface area contributed by atoms with E-state index in [1.807, 2.05) is 0 Å². The molecule has 0 spiro atoms. The Hall–Kier alpha value is -1.31. The van der Waals surface area contributed by atoms with Crippen LogP contribution in [-0.4, -0.2) is 13.6 Å². The van der Waals surface area contributed by atoms with Crippen LogP contribution in [0.4, 0.5) is 0 Å². The molecule has 0 aliphatic heterocycles. The van der Waals surface area contributed by atoms with Crippen LogP contribution in [0.25, 0.3) is 0 Å². The van der Waals surface area contributed by atoms with Gasteiger partial charge in [0.15, 0.2) is 0 Å². The molecule has 2 heteroatoms. The fourth-order valence-electron chi connectivity index (χ4n) is 3.39. The van der Waals surface area contributed by atoms with Gasteiger partial charge in [-0.2, -0.15) is 0 Å². The average molecular weight is 501 g/mol. The Bertz CT molecular complexity index is 685. The van der Waals surface area contributed by atoms with Crippen molar-refractivity contribution in [3.05, 3.63) is 101 Å². The normalized spacial score (nSPS) is 11.7. The van der Waals surface area contributed by atoms with Crippen molar-refractivity contribution in [3.8, 4) is 0 Å². The molecule has 0 heterocycles. The number of rotatable bonds is 7. The summed E-state index contributed by atoms with van der Waals surface area (Å²) in [6, 6.07) is 33.7. The van der Waals surface area contributed by atoms with E-state index >= 15 is 0 Å². The minimum absolute atomic E-state index is 1.15. The fourth-order valence-corrected chi connectivity index (χ4v) is 12.9. The maximum absolute atomic E-state index is 2.46. The predicted octanol–water partition coefficient (Wildman–Crippen LogP) is 4.89. The summed E-state index contributed by atoms with van der Waals surface area (Å²) in [5.41, 5.74) is 0. The second-order valence-electron chi connectivity index (χ2n) is 6.04. The number of halogens is 1. The molecule has 0 aliphatic carbocycles. The first-order chi connectivity index (χ1) is 12.4. The van der Waals surface area contributed by atoms with Crippen LogP contribution in [0.3, 0.4) is 0 Å². The third kappa shape index (κ3) is 4.27. The van der Waals surface area contributed by atoms with Crippen molar-refractivity contribution in [2.45, 2.75) is 18.1 Å². The van der Waals surface area contributed by atoms with Crippen molar-refractivity contribution in [3.63, 3.8) is 0 Å². The summed E-state index contributed by atoms with van der Waals surface area (Å²) in [6.45, 7) is 0. The summed E-state index contributed by atoms with van der Waals surface area (Å²) >= 11 is -0.146. The molecule has 0 amide bonds. The van der Waals surface area contributed by atoms with Crippen molar-refractivity contribution < 1.29 is 0 Å². The standard InChI is InChI=1S/C23H23AsI/c25-20-12-4-11-19-24(21-13-5-1-6-14-21,22-15-7-2-8-16-22)23-17-9-3-10-18-23/h1-3,5-10,12-18,20H,4,11,19H2/q+1/b20-12+. The van der Waals surface area contributed by atoms with Gasteiger partial charge in [-0.25, -0.2) is 0 Å². The summed E-state index contributed by atoms with van der Waals surface area (Å²) in [4.78, 5) is 0. The van der Waals surface area contributed by atoms with Gasteiger partial charge in [0.2, 0.25) is 0 Å². The van der Waals surface area contributed by atoms with Gasteiger partial charge in [-0.15, -0.1) is 0 Å². The van der Waals surface area contributed by atoms with Gasteiger partial charge in [0, 0.05) is 0 Å². The van der Waals surface area contributed by atoms with Crippen LogP contribution in [0, 0.1) is 0 Å². The second kappa shape index (κ2) is 9.40. The second-order valence-corrected chi connectivity index (χ2v) is 14.3. The van der Waals surface area contributed by atoms with Crippen LogP contribution >= 0.6 is 22.6 Å². The molecule has 0 aromatic heterocycles. The monoisotopic (exact) mass is 501 g/mol. The first-order valence-electron chi connectivity index (χ1n) is 8.68. The van der Waals surface area contributed by atoms with Crippen LogP contribution in [-0.2, 0) is 0 Å². The van der Waals surface area contributed by atoms with Gasteiger partial charge < -0.3 is 0 Å². The predicted molar refractivity (Wildman–Crippen MR) is 121 cm³/mol. The summed E-state index contributed by atoms with van der Waals surface area (Å²) in [7, 11) is 0. The van der Waals surface area contributed by atoms with E-state index in [2.05, 4.69) is 124 Å². The third-order valence-corrected chi connectivity index (χ3v) is 14.5. The van der Waals surface area contributed by atoms with E-state index in [1.165, 1.54) is 24.7 Å². The van der Waals surface area contributed by atoms with Gasteiger partial charge in [-0.1, -0.05) is 0 Å². The van der Waals surface area contributed by atoms with E-state index in [4.69, 9.17) is 0 Å². The van der Waals surface area contributed by atoms with Crippen LogP contribution < -0.4 is 13.1 Å². The summed E-state index contributed by atoms with van der Waals surface area (Å²) < 4.78 is 6.75. The van der Waals surface area contributed by atoms with Gasteiger partial charge in [-0.3, -0.25) is 0 Å². The Morgan fingerprint density at radius 1 is 0.640 bits per heavy atom. The molecule has 3 aromatic rings. The summed E-state index contributed by atoms with van der Waals surface area (Å²) in [5.74, 6) is 0. The molecule has 0 radical (unpaired) electrons. The van der Waals surface area contributed by atoms with Gasteiger partial charge in [0.05, 0.1) is 0 Å². The first-order valence-corrected chi connectivity index (χ1v) is 14.1. The number of hydrogen-bond acceptors (Lipinski definition) is 0. The topological polar surface area (TPSA) is 0 Å². The van der Waals surface area contributed by atoms with E-state index < -0.39 is 13.6 Å². The Morgan fingerprint density at radius 3 is 1.40 bits per heavy atom. The fraction of sp³-hybridized carbons (Fsp3) is 0.130. The number of unbranched alkanes of at least 4 members (excludes halogenated alkanes) is 1. The van der Waals surface area contributed by atoms with Gasteiger partial charge >= 0.3 is 168 Å². The number of allylic oxidation sites excluding steroid dienone is 1. The SMILES string of the molecule is I/C=C/CCC[As+](c1ccccc1)(c1ccccc1)c1ccccc1. The van der Waals surface area contributed by atoms with Crippen molar-refractivity contribution in [2.24, 2.45) is 0 Å². The van der Waals surface area contributed by atoms with Crippen LogP contribution in [0.2, 0.25) is 5.21 Å². The van der Waals surface area contributed by atoms with E-state index in [9.17, 15) is 0 Å². The van der Waals surface area contributed by atoms with Crippen molar-refractivity contribution in [1.29, 1.82) is 0 Å². The van der Waals surface area contributed by atoms with Crippen LogP contribution in [0.1, 0.15) is 12.8 Å². The van der Waals surface area contributed by atoms with Crippen molar-refractivity contribution in [1.82, 2.24) is 0 Å². The van der Waals surface area contributed by atoms with Crippen molar-refractivity contribution in [2.75, 3.05) is 0 Å². The Labute approximate surface area is 167 Å². The molecule has 0 saturated carbocycles. The number of benzene rings is 3. The first kappa shape index (κ1) is 18.5. The molecule has 0 nitrogen and oxygen atoms in total. The summed E-state index contributed by atoms with van der Waals surface area (Å²) in [5, 5.41) is 1.26. The molecular weight excluding hydrogens is 478 g/mol. The third-order valence-electron chi connectivity index (χ3n) is 4.54. The summed E-state index contributed by atoms with van der Waals surface area (Å²) in [6.07, 6.45) is 4.66. The number of hydrogen-bond donors (Lipinski definition) is 0. The van der Waals surface area contributed by atoms with Crippen LogP contribution in [0.15, 0.2) is 101 Å². The molecule has 0 atom stereocenters. The zero-order chi connectivity index (χ0) is 17.4. The molecule has 0 bridgehead atoms. The van der Waals surface area contributed by atoms with Crippen LogP contribution in [0.5, 0.6) is 0 Å². The molecule has 126 valence electrons. The van der Waals surface area contributed by atoms with E-state index in [1.54, 1.807) is 0 Å². The Balaban J connectivity index is 2.16. The average Bonchev–Trinajstić information content (AvgIpc) is 2.70. The molecule has 0 N–H and O–H groups in total. The molecular formula is C23H23AsI+. The molecule has 25 heavy (non-hydrogen) atoms. The zero-order valence-electron chi connectivity index (χ0n) is 14.3. The van der Waals surface area contributed by atoms with Crippen molar-refractivity contribution >= 4 is 49.2 Å². The Kier molecular flexibility index (Phi) is 6.95. The van der Waals surface area contributed by atoms with Gasteiger partial charge in [0.25, 0.3) is 0 Å². The molecule has 0 unspecified atom stereocenters. The molecule has 3 rings (SSSR count). The quantitative estimate of drug-likeness (QED) is 0.246. The molecule has 0 aliphatic rings. The van der Waals surface area contributed by atoms with Gasteiger partial charge in [0.1, 0.15) is 0 Å². The molecule has 0 fully saturated rings. The van der Waals surface area contributed by atoms with E-state index in [-0.39, 0.29) is 0 Å². The maximum atomic E-state index is 2.35. The molecule has 3 aromatic carbocycles.